The second-order valence-electron chi connectivity index (χ2n) is 9.84. The average Bonchev–Trinajstić information content (AvgIpc) is 3.05. The van der Waals surface area contributed by atoms with E-state index in [1.54, 1.807) is 5.19 Å². The third-order valence-corrected chi connectivity index (χ3v) is 10.7. The number of hydrogen-bond donors (Lipinski definition) is 0. The van der Waals surface area contributed by atoms with E-state index >= 15 is 0 Å². The predicted octanol–water partition coefficient (Wildman–Crippen LogP) is 6.98. The van der Waals surface area contributed by atoms with Crippen molar-refractivity contribution < 1.29 is 0 Å². The molecule has 0 saturated carbocycles. The molecular formula is C30H27NSi. The Morgan fingerprint density at radius 2 is 1.44 bits per heavy atom. The number of aromatic nitrogens is 1. The second-order valence-corrected chi connectivity index (χ2v) is 14.1. The van der Waals surface area contributed by atoms with Crippen molar-refractivity contribution in [2.45, 2.75) is 32.9 Å². The zero-order valence-corrected chi connectivity index (χ0v) is 20.1. The lowest BCUT2D eigenvalue weighted by atomic mass is 9.90. The van der Waals surface area contributed by atoms with Gasteiger partial charge in [-0.15, -0.1) is 0 Å². The summed E-state index contributed by atoms with van der Waals surface area (Å²) >= 11 is 0. The summed E-state index contributed by atoms with van der Waals surface area (Å²) in [4.78, 5) is 5.31. The molecule has 2 heterocycles. The van der Waals surface area contributed by atoms with Gasteiger partial charge in [-0.1, -0.05) is 93.7 Å². The quantitative estimate of drug-likeness (QED) is 0.276. The maximum absolute atomic E-state index is 5.31. The predicted molar refractivity (Wildman–Crippen MR) is 141 cm³/mol. The van der Waals surface area contributed by atoms with Crippen LogP contribution in [-0.4, -0.2) is 13.1 Å². The zero-order valence-electron chi connectivity index (χ0n) is 19.1. The lowest BCUT2D eigenvalue weighted by molar-refractivity contribution is 0.876. The van der Waals surface area contributed by atoms with Crippen molar-refractivity contribution in [3.63, 3.8) is 0 Å². The normalized spacial score (nSPS) is 14.2. The Bertz CT molecular complexity index is 1530. The first-order valence-corrected chi connectivity index (χ1v) is 14.5. The maximum Gasteiger partial charge on any atom is 0.114 e. The van der Waals surface area contributed by atoms with E-state index in [0.717, 1.165) is 11.2 Å². The molecule has 1 aliphatic rings. The topological polar surface area (TPSA) is 12.9 Å². The molecular weight excluding hydrogens is 402 g/mol. The van der Waals surface area contributed by atoms with Crippen LogP contribution in [0, 0.1) is 0 Å². The van der Waals surface area contributed by atoms with Crippen LogP contribution < -0.4 is 10.4 Å². The van der Waals surface area contributed by atoms with Crippen LogP contribution in [0.25, 0.3) is 44.1 Å². The van der Waals surface area contributed by atoms with Crippen LogP contribution in [-0.2, 0) is 0 Å². The molecule has 0 aliphatic carbocycles. The molecule has 4 aromatic carbocycles. The van der Waals surface area contributed by atoms with Gasteiger partial charge < -0.3 is 0 Å². The van der Waals surface area contributed by atoms with E-state index in [9.17, 15) is 0 Å². The van der Waals surface area contributed by atoms with E-state index in [0.29, 0.717) is 5.92 Å². The van der Waals surface area contributed by atoms with Gasteiger partial charge in [0.25, 0.3) is 0 Å². The van der Waals surface area contributed by atoms with Gasteiger partial charge in [0.15, 0.2) is 0 Å². The van der Waals surface area contributed by atoms with E-state index < -0.39 is 8.07 Å². The first-order chi connectivity index (χ1) is 15.5. The van der Waals surface area contributed by atoms with Crippen LogP contribution in [0.5, 0.6) is 0 Å². The Balaban J connectivity index is 1.78. The summed E-state index contributed by atoms with van der Waals surface area (Å²) in [7, 11) is -1.84. The first-order valence-electron chi connectivity index (χ1n) is 11.5. The SMILES string of the molecule is CC(C)c1cc(-c2nc3ccccc3c3c2-c2ccccc2[Si]3(C)C)cc2ccccc12. The summed E-state index contributed by atoms with van der Waals surface area (Å²) in [6, 6.07) is 31.2. The Morgan fingerprint density at radius 1 is 0.750 bits per heavy atom. The Hall–Kier alpha value is -3.23. The van der Waals surface area contributed by atoms with Crippen molar-refractivity contribution in [1.82, 2.24) is 4.98 Å². The van der Waals surface area contributed by atoms with Crippen LogP contribution >= 0.6 is 0 Å². The number of fused-ring (bicyclic) bond motifs is 6. The fraction of sp³-hybridized carbons (Fsp3) is 0.167. The van der Waals surface area contributed by atoms with Gasteiger partial charge >= 0.3 is 0 Å². The average molecular weight is 430 g/mol. The molecule has 0 fully saturated rings. The fourth-order valence-electron chi connectivity index (χ4n) is 5.67. The number of para-hydroxylation sites is 1. The van der Waals surface area contributed by atoms with Crippen LogP contribution in [0.3, 0.4) is 0 Å². The van der Waals surface area contributed by atoms with E-state index in [1.165, 1.54) is 43.6 Å². The standard InChI is InChI=1S/C30H27NSi/c1-19(2)25-18-21(17-20-11-5-6-12-22(20)25)29-28-24-14-8-10-16-27(24)32(3,4)30(28)23-13-7-9-15-26(23)31-29/h5-19H,1-4H3. The Kier molecular flexibility index (Phi) is 4.18. The van der Waals surface area contributed by atoms with Gasteiger partial charge in [-0.3, -0.25) is 0 Å². The van der Waals surface area contributed by atoms with Gasteiger partial charge in [-0.2, -0.15) is 0 Å². The van der Waals surface area contributed by atoms with E-state index in [4.69, 9.17) is 4.98 Å². The summed E-state index contributed by atoms with van der Waals surface area (Å²) in [6.45, 7) is 9.56. The molecule has 0 atom stereocenters. The Labute approximate surface area is 190 Å². The molecule has 156 valence electrons. The zero-order chi connectivity index (χ0) is 22.0. The minimum atomic E-state index is -1.84. The smallest absolute Gasteiger partial charge is 0.114 e. The van der Waals surface area contributed by atoms with Crippen molar-refractivity contribution in [2.24, 2.45) is 0 Å². The van der Waals surface area contributed by atoms with Crippen molar-refractivity contribution in [1.29, 1.82) is 0 Å². The Morgan fingerprint density at radius 3 is 2.25 bits per heavy atom. The highest BCUT2D eigenvalue weighted by molar-refractivity contribution is 7.05. The highest BCUT2D eigenvalue weighted by Gasteiger charge is 2.40. The molecule has 0 spiro atoms. The van der Waals surface area contributed by atoms with E-state index in [1.807, 2.05) is 0 Å². The highest BCUT2D eigenvalue weighted by Crippen LogP contribution is 2.40. The third kappa shape index (κ3) is 2.66. The van der Waals surface area contributed by atoms with Gasteiger partial charge in [-0.05, 0) is 56.4 Å². The molecule has 1 aromatic heterocycles. The maximum atomic E-state index is 5.31. The number of benzene rings is 4. The summed E-state index contributed by atoms with van der Waals surface area (Å²) in [5.41, 5.74) is 7.61. The van der Waals surface area contributed by atoms with Gasteiger partial charge in [0.05, 0.1) is 11.2 Å². The van der Waals surface area contributed by atoms with Crippen molar-refractivity contribution in [2.75, 3.05) is 0 Å². The summed E-state index contributed by atoms with van der Waals surface area (Å²) in [5.74, 6) is 0.450. The summed E-state index contributed by atoms with van der Waals surface area (Å²) in [5, 5.41) is 7.03. The molecule has 0 radical (unpaired) electrons. The monoisotopic (exact) mass is 429 g/mol. The lowest BCUT2D eigenvalue weighted by Gasteiger charge is -2.21. The number of rotatable bonds is 2. The molecule has 5 aromatic rings. The minimum absolute atomic E-state index is 0.450. The molecule has 1 aliphatic heterocycles. The largest absolute Gasteiger partial charge is 0.247 e. The van der Waals surface area contributed by atoms with Crippen molar-refractivity contribution in [3.05, 3.63) is 90.5 Å². The summed E-state index contributed by atoms with van der Waals surface area (Å²) < 4.78 is 0. The van der Waals surface area contributed by atoms with Crippen LogP contribution in [0.4, 0.5) is 0 Å². The van der Waals surface area contributed by atoms with Gasteiger partial charge in [0.1, 0.15) is 8.07 Å². The molecule has 0 amide bonds. The van der Waals surface area contributed by atoms with Gasteiger partial charge in [-0.25, -0.2) is 4.98 Å². The van der Waals surface area contributed by atoms with Gasteiger partial charge in [0.2, 0.25) is 0 Å². The van der Waals surface area contributed by atoms with Crippen molar-refractivity contribution >= 4 is 40.1 Å². The third-order valence-electron chi connectivity index (χ3n) is 7.18. The first kappa shape index (κ1) is 19.5. The molecule has 2 heteroatoms. The number of pyridine rings is 1. The van der Waals surface area contributed by atoms with E-state index in [2.05, 4.69) is 112 Å². The molecule has 0 unspecified atom stereocenters. The molecule has 6 rings (SSSR count). The minimum Gasteiger partial charge on any atom is -0.247 e. The second kappa shape index (κ2) is 6.88. The number of nitrogens with zero attached hydrogens (tertiary/aromatic N) is 1. The van der Waals surface area contributed by atoms with Crippen LogP contribution in [0.1, 0.15) is 25.3 Å². The van der Waals surface area contributed by atoms with Crippen molar-refractivity contribution in [3.8, 4) is 22.4 Å². The molecule has 32 heavy (non-hydrogen) atoms. The van der Waals surface area contributed by atoms with E-state index in [-0.39, 0.29) is 0 Å². The number of hydrogen-bond acceptors (Lipinski definition) is 1. The molecule has 0 bridgehead atoms. The lowest BCUT2D eigenvalue weighted by Crippen LogP contribution is -2.49. The highest BCUT2D eigenvalue weighted by atomic mass is 28.3. The van der Waals surface area contributed by atoms with Crippen LogP contribution in [0.15, 0.2) is 84.9 Å². The fourth-order valence-corrected chi connectivity index (χ4v) is 9.09. The molecule has 1 nitrogen and oxygen atoms in total. The molecule has 0 saturated heterocycles. The van der Waals surface area contributed by atoms with Crippen LogP contribution in [0.2, 0.25) is 13.1 Å². The summed E-state index contributed by atoms with van der Waals surface area (Å²) in [6.07, 6.45) is 0. The van der Waals surface area contributed by atoms with Gasteiger partial charge in [0, 0.05) is 16.5 Å². The molecule has 0 N–H and O–H groups in total.